The first kappa shape index (κ1) is 20.8. The molecule has 0 N–H and O–H groups in total. The number of aryl methyl sites for hydroxylation is 1. The van der Waals surface area contributed by atoms with Crippen LogP contribution in [0.3, 0.4) is 0 Å². The molecule has 0 aliphatic carbocycles. The van der Waals surface area contributed by atoms with E-state index in [1.807, 2.05) is 0 Å². The molecule has 0 bridgehead atoms. The van der Waals surface area contributed by atoms with Crippen LogP contribution in [0.15, 0.2) is 41.3 Å². The summed E-state index contributed by atoms with van der Waals surface area (Å²) in [5.41, 5.74) is 1.14. The zero-order chi connectivity index (χ0) is 20.5. The van der Waals surface area contributed by atoms with Gasteiger partial charge < -0.3 is 4.90 Å². The van der Waals surface area contributed by atoms with Crippen LogP contribution >= 0.6 is 11.6 Å². The van der Waals surface area contributed by atoms with Gasteiger partial charge in [-0.3, -0.25) is 4.79 Å². The molecule has 150 valence electrons. The molecule has 0 aromatic heterocycles. The van der Waals surface area contributed by atoms with Crippen molar-refractivity contribution in [2.45, 2.75) is 31.2 Å². The maximum atomic E-state index is 14.0. The van der Waals surface area contributed by atoms with Gasteiger partial charge in [0, 0.05) is 42.8 Å². The summed E-state index contributed by atoms with van der Waals surface area (Å²) < 4.78 is 41.1. The van der Waals surface area contributed by atoms with Crippen molar-refractivity contribution in [1.29, 1.82) is 0 Å². The Morgan fingerprint density at radius 3 is 2.54 bits per heavy atom. The molecule has 1 aliphatic rings. The Balaban J connectivity index is 1.89. The monoisotopic (exact) mass is 424 g/mol. The van der Waals surface area contributed by atoms with E-state index in [0.29, 0.717) is 18.7 Å². The van der Waals surface area contributed by atoms with E-state index in [4.69, 9.17) is 11.6 Å². The predicted molar refractivity (Wildman–Crippen MR) is 106 cm³/mol. The third kappa shape index (κ3) is 4.06. The number of benzene rings is 2. The first-order valence-electron chi connectivity index (χ1n) is 9.01. The van der Waals surface area contributed by atoms with Crippen molar-refractivity contribution in [2.24, 2.45) is 0 Å². The highest BCUT2D eigenvalue weighted by atomic mass is 35.5. The molecule has 0 unspecified atom stereocenters. The number of rotatable bonds is 5. The van der Waals surface area contributed by atoms with Crippen molar-refractivity contribution in [3.8, 4) is 0 Å². The lowest BCUT2D eigenvalue weighted by molar-refractivity contribution is 0.0783. The second-order valence-electron chi connectivity index (χ2n) is 6.95. The van der Waals surface area contributed by atoms with Gasteiger partial charge in [0.05, 0.1) is 4.90 Å². The van der Waals surface area contributed by atoms with Crippen LogP contribution in [0.2, 0.25) is 5.02 Å². The topological polar surface area (TPSA) is 57.7 Å². The van der Waals surface area contributed by atoms with Crippen LogP contribution in [0.25, 0.3) is 0 Å². The van der Waals surface area contributed by atoms with Gasteiger partial charge in [0.15, 0.2) is 0 Å². The third-order valence-electron chi connectivity index (χ3n) is 4.95. The summed E-state index contributed by atoms with van der Waals surface area (Å²) in [7, 11) is -2.09. The van der Waals surface area contributed by atoms with Crippen molar-refractivity contribution in [3.63, 3.8) is 0 Å². The number of sulfonamides is 1. The third-order valence-corrected chi connectivity index (χ3v) is 7.19. The highest BCUT2D eigenvalue weighted by molar-refractivity contribution is 7.89. The smallest absolute Gasteiger partial charge is 0.254 e. The quantitative estimate of drug-likeness (QED) is 0.732. The van der Waals surface area contributed by atoms with Gasteiger partial charge in [-0.25, -0.2) is 12.8 Å². The van der Waals surface area contributed by atoms with E-state index in [0.717, 1.165) is 12.8 Å². The van der Waals surface area contributed by atoms with Crippen LogP contribution in [0, 0.1) is 12.7 Å². The molecule has 1 amide bonds. The summed E-state index contributed by atoms with van der Waals surface area (Å²) in [5, 5.41) is 0.238. The molecule has 0 atom stereocenters. The molecule has 0 saturated carbocycles. The summed E-state index contributed by atoms with van der Waals surface area (Å²) in [6.45, 7) is 2.70. The lowest BCUT2D eigenvalue weighted by atomic mass is 10.1. The second kappa shape index (κ2) is 8.19. The molecule has 1 saturated heterocycles. The number of carbonyl (C=O) groups excluding carboxylic acids is 1. The molecule has 1 fully saturated rings. The van der Waals surface area contributed by atoms with Crippen molar-refractivity contribution < 1.29 is 17.6 Å². The number of hydrogen-bond donors (Lipinski definition) is 0. The van der Waals surface area contributed by atoms with Gasteiger partial charge in [0.1, 0.15) is 5.82 Å². The summed E-state index contributed by atoms with van der Waals surface area (Å²) in [6, 6.07) is 8.90. The van der Waals surface area contributed by atoms with E-state index in [2.05, 4.69) is 0 Å². The van der Waals surface area contributed by atoms with Gasteiger partial charge in [-0.05, 0) is 49.6 Å². The second-order valence-corrected chi connectivity index (χ2v) is 9.29. The first-order valence-corrected chi connectivity index (χ1v) is 10.8. The molecular formula is C20H22ClFN2O3S. The number of amides is 1. The number of halogens is 2. The zero-order valence-electron chi connectivity index (χ0n) is 15.8. The highest BCUT2D eigenvalue weighted by Gasteiger charge is 2.28. The summed E-state index contributed by atoms with van der Waals surface area (Å²) >= 11 is 6.05. The molecule has 5 nitrogen and oxygen atoms in total. The molecule has 0 radical (unpaired) electrons. The van der Waals surface area contributed by atoms with Gasteiger partial charge >= 0.3 is 0 Å². The summed E-state index contributed by atoms with van der Waals surface area (Å²) in [4.78, 5) is 14.4. The van der Waals surface area contributed by atoms with Gasteiger partial charge in [0.25, 0.3) is 5.91 Å². The van der Waals surface area contributed by atoms with Crippen molar-refractivity contribution in [1.82, 2.24) is 9.21 Å². The lowest BCUT2D eigenvalue weighted by Gasteiger charge is -2.21. The minimum atomic E-state index is -3.63. The minimum Gasteiger partial charge on any atom is -0.337 e. The largest absolute Gasteiger partial charge is 0.337 e. The van der Waals surface area contributed by atoms with Crippen LogP contribution in [0.5, 0.6) is 0 Å². The van der Waals surface area contributed by atoms with Crippen LogP contribution in [-0.2, 0) is 16.6 Å². The van der Waals surface area contributed by atoms with Crippen molar-refractivity contribution in [2.75, 3.05) is 20.1 Å². The maximum Gasteiger partial charge on any atom is 0.254 e. The lowest BCUT2D eigenvalue weighted by Crippen LogP contribution is -2.30. The van der Waals surface area contributed by atoms with Gasteiger partial charge in [-0.2, -0.15) is 4.31 Å². The Kier molecular flexibility index (Phi) is 6.07. The Labute approximate surface area is 169 Å². The molecule has 28 heavy (non-hydrogen) atoms. The SMILES string of the molecule is Cc1ccc(S(=O)(=O)N2CCCC2)cc1C(=O)N(C)Cc1c(F)cccc1Cl. The van der Waals surface area contributed by atoms with Crippen molar-refractivity contribution >= 4 is 27.5 Å². The molecule has 2 aromatic carbocycles. The van der Waals surface area contributed by atoms with Gasteiger partial charge in [-0.1, -0.05) is 23.7 Å². The Bertz CT molecular complexity index is 984. The van der Waals surface area contributed by atoms with E-state index >= 15 is 0 Å². The number of nitrogens with zero attached hydrogens (tertiary/aromatic N) is 2. The fraction of sp³-hybridized carbons (Fsp3) is 0.350. The van der Waals surface area contributed by atoms with Crippen LogP contribution in [0.1, 0.15) is 34.3 Å². The highest BCUT2D eigenvalue weighted by Crippen LogP contribution is 2.25. The van der Waals surface area contributed by atoms with Gasteiger partial charge in [0.2, 0.25) is 10.0 Å². The average molecular weight is 425 g/mol. The van der Waals surface area contributed by atoms with E-state index in [1.54, 1.807) is 19.1 Å². The van der Waals surface area contributed by atoms with Gasteiger partial charge in [-0.15, -0.1) is 0 Å². The maximum absolute atomic E-state index is 14.0. The number of carbonyl (C=O) groups is 1. The average Bonchev–Trinajstić information content (AvgIpc) is 3.20. The normalized spacial score (nSPS) is 15.0. The van der Waals surface area contributed by atoms with Crippen LogP contribution < -0.4 is 0 Å². The Hall–Kier alpha value is -1.96. The molecular weight excluding hydrogens is 403 g/mol. The fourth-order valence-corrected chi connectivity index (χ4v) is 5.03. The first-order chi connectivity index (χ1) is 13.2. The minimum absolute atomic E-state index is 0.0209. The van der Waals surface area contributed by atoms with E-state index < -0.39 is 21.7 Å². The Morgan fingerprint density at radius 2 is 1.89 bits per heavy atom. The van der Waals surface area contributed by atoms with E-state index in [-0.39, 0.29) is 27.6 Å². The van der Waals surface area contributed by atoms with Crippen molar-refractivity contribution in [3.05, 3.63) is 63.9 Å². The van der Waals surface area contributed by atoms with Crippen LogP contribution in [-0.4, -0.2) is 43.7 Å². The van der Waals surface area contributed by atoms with Crippen LogP contribution in [0.4, 0.5) is 4.39 Å². The summed E-state index contributed by atoms with van der Waals surface area (Å²) in [5.74, 6) is -0.885. The molecule has 3 rings (SSSR count). The molecule has 2 aromatic rings. The zero-order valence-corrected chi connectivity index (χ0v) is 17.4. The fourth-order valence-electron chi connectivity index (χ4n) is 3.27. The number of hydrogen-bond acceptors (Lipinski definition) is 3. The molecule has 1 aliphatic heterocycles. The van der Waals surface area contributed by atoms with E-state index in [9.17, 15) is 17.6 Å². The molecule has 8 heteroatoms. The molecule has 0 spiro atoms. The van der Waals surface area contributed by atoms with E-state index in [1.165, 1.54) is 40.5 Å². The standard InChI is InChI=1S/C20H22ClFN2O3S/c1-14-8-9-15(28(26,27)24-10-3-4-11-24)12-16(14)20(25)23(2)13-17-18(21)6-5-7-19(17)22/h5-9,12H,3-4,10-11,13H2,1-2H3. The predicted octanol–water partition coefficient (Wildman–Crippen LogP) is 3.84. The molecule has 1 heterocycles. The summed E-state index contributed by atoms with van der Waals surface area (Å²) in [6.07, 6.45) is 1.67. The Morgan fingerprint density at radius 1 is 1.21 bits per heavy atom.